The molecule has 0 aliphatic rings. The second-order valence-electron chi connectivity index (χ2n) is 4.00. The first-order valence-electron chi connectivity index (χ1n) is 5.73. The minimum absolute atomic E-state index is 0.650. The maximum Gasteiger partial charge on any atom is 0.142 e. The number of anilines is 2. The molecular weight excluding hydrogens is 230 g/mol. The summed E-state index contributed by atoms with van der Waals surface area (Å²) in [5.41, 5.74) is 8.20. The predicted octanol–water partition coefficient (Wildman–Crippen LogP) is 3.06. The summed E-state index contributed by atoms with van der Waals surface area (Å²) in [6.45, 7) is 6.04. The summed E-state index contributed by atoms with van der Waals surface area (Å²) < 4.78 is 4.20. The van der Waals surface area contributed by atoms with Crippen molar-refractivity contribution in [2.75, 3.05) is 17.2 Å². The van der Waals surface area contributed by atoms with Crippen LogP contribution >= 0.6 is 11.5 Å². The summed E-state index contributed by atoms with van der Waals surface area (Å²) in [5.74, 6) is 0.650. The van der Waals surface area contributed by atoms with Gasteiger partial charge in [-0.15, -0.1) is 0 Å². The molecule has 0 aliphatic heterocycles. The van der Waals surface area contributed by atoms with Crippen LogP contribution in [0.15, 0.2) is 30.3 Å². The maximum atomic E-state index is 5.80. The minimum atomic E-state index is 0.650. The molecule has 0 saturated heterocycles. The highest BCUT2D eigenvalue weighted by molar-refractivity contribution is 7.10. The highest BCUT2D eigenvalue weighted by Crippen LogP contribution is 2.30. The molecule has 0 fully saturated rings. The quantitative estimate of drug-likeness (QED) is 0.903. The molecule has 0 unspecified atom stereocenters. The van der Waals surface area contributed by atoms with E-state index in [9.17, 15) is 0 Å². The van der Waals surface area contributed by atoms with E-state index in [0.29, 0.717) is 5.82 Å². The average Bonchev–Trinajstić information content (AvgIpc) is 2.69. The minimum Gasteiger partial charge on any atom is -0.383 e. The first-order chi connectivity index (χ1) is 8.22. The average molecular weight is 247 g/mol. The van der Waals surface area contributed by atoms with Gasteiger partial charge in [0.25, 0.3) is 0 Å². The fraction of sp³-hybridized carbons (Fsp3) is 0.308. The van der Waals surface area contributed by atoms with Crippen LogP contribution in [0.1, 0.15) is 18.1 Å². The van der Waals surface area contributed by atoms with Crippen molar-refractivity contribution < 1.29 is 0 Å². The van der Waals surface area contributed by atoms with Crippen LogP contribution in [-0.4, -0.2) is 10.9 Å². The summed E-state index contributed by atoms with van der Waals surface area (Å²) in [4.78, 5) is 2.30. The summed E-state index contributed by atoms with van der Waals surface area (Å²) in [6.07, 6.45) is 0. The Labute approximate surface area is 106 Å². The SMILES string of the molecule is CCN(Cc1ccccc1)c1snc(N)c1C. The van der Waals surface area contributed by atoms with Crippen LogP contribution in [0.4, 0.5) is 10.8 Å². The van der Waals surface area contributed by atoms with Crippen LogP contribution in [0.2, 0.25) is 0 Å². The van der Waals surface area contributed by atoms with Gasteiger partial charge in [-0.1, -0.05) is 30.3 Å². The van der Waals surface area contributed by atoms with Gasteiger partial charge in [0.1, 0.15) is 10.8 Å². The lowest BCUT2D eigenvalue weighted by Crippen LogP contribution is -2.21. The third-order valence-electron chi connectivity index (χ3n) is 2.82. The third kappa shape index (κ3) is 2.58. The molecule has 0 bridgehead atoms. The van der Waals surface area contributed by atoms with Gasteiger partial charge in [-0.05, 0) is 30.9 Å². The van der Waals surface area contributed by atoms with Gasteiger partial charge in [0.2, 0.25) is 0 Å². The Bertz CT molecular complexity index is 479. The fourth-order valence-corrected chi connectivity index (χ4v) is 2.64. The molecule has 2 rings (SSSR count). The number of nitrogen functional groups attached to an aromatic ring is 1. The van der Waals surface area contributed by atoms with Gasteiger partial charge in [-0.2, -0.15) is 4.37 Å². The Morgan fingerprint density at radius 1 is 1.29 bits per heavy atom. The molecule has 0 atom stereocenters. The summed E-state index contributed by atoms with van der Waals surface area (Å²) >= 11 is 1.48. The highest BCUT2D eigenvalue weighted by Gasteiger charge is 2.13. The predicted molar refractivity (Wildman–Crippen MR) is 74.4 cm³/mol. The first kappa shape index (κ1) is 11.9. The summed E-state index contributed by atoms with van der Waals surface area (Å²) in [5, 5.41) is 1.17. The van der Waals surface area contributed by atoms with E-state index in [1.165, 1.54) is 22.1 Å². The Balaban J connectivity index is 2.20. The molecule has 4 heteroatoms. The van der Waals surface area contributed by atoms with Crippen molar-refractivity contribution in [1.82, 2.24) is 4.37 Å². The Morgan fingerprint density at radius 2 is 2.00 bits per heavy atom. The van der Waals surface area contributed by atoms with Crippen molar-refractivity contribution in [1.29, 1.82) is 0 Å². The first-order valence-corrected chi connectivity index (χ1v) is 6.50. The van der Waals surface area contributed by atoms with Crippen molar-refractivity contribution in [2.45, 2.75) is 20.4 Å². The number of nitrogens with zero attached hydrogens (tertiary/aromatic N) is 2. The molecule has 1 heterocycles. The topological polar surface area (TPSA) is 42.2 Å². The van der Waals surface area contributed by atoms with Crippen molar-refractivity contribution in [3.8, 4) is 0 Å². The number of rotatable bonds is 4. The highest BCUT2D eigenvalue weighted by atomic mass is 32.1. The lowest BCUT2D eigenvalue weighted by molar-refractivity contribution is 0.838. The smallest absolute Gasteiger partial charge is 0.142 e. The molecular formula is C13H17N3S. The van der Waals surface area contributed by atoms with Crippen LogP contribution in [0, 0.1) is 6.92 Å². The van der Waals surface area contributed by atoms with Gasteiger partial charge in [0.15, 0.2) is 0 Å². The molecule has 0 amide bonds. The van der Waals surface area contributed by atoms with Gasteiger partial charge < -0.3 is 10.6 Å². The normalized spacial score (nSPS) is 10.5. The molecule has 90 valence electrons. The standard InChI is InChI=1S/C13H17N3S/c1-3-16(9-11-7-5-4-6-8-11)13-10(2)12(14)15-17-13/h4-8H,3,9H2,1-2H3,(H2,14,15). The molecule has 1 aromatic carbocycles. The number of hydrogen-bond donors (Lipinski definition) is 1. The lowest BCUT2D eigenvalue weighted by Gasteiger charge is -2.21. The molecule has 3 nitrogen and oxygen atoms in total. The monoisotopic (exact) mass is 247 g/mol. The Hall–Kier alpha value is -1.55. The van der Waals surface area contributed by atoms with Crippen LogP contribution in [-0.2, 0) is 6.54 Å². The van der Waals surface area contributed by atoms with E-state index in [1.807, 2.05) is 13.0 Å². The van der Waals surface area contributed by atoms with Crippen LogP contribution in [0.25, 0.3) is 0 Å². The summed E-state index contributed by atoms with van der Waals surface area (Å²) in [7, 11) is 0. The molecule has 0 aliphatic carbocycles. The molecule has 0 spiro atoms. The molecule has 0 saturated carbocycles. The molecule has 2 aromatic rings. The summed E-state index contributed by atoms with van der Waals surface area (Å²) in [6, 6.07) is 10.5. The van der Waals surface area contributed by atoms with E-state index >= 15 is 0 Å². The van der Waals surface area contributed by atoms with E-state index in [2.05, 4.69) is 40.5 Å². The van der Waals surface area contributed by atoms with Crippen molar-refractivity contribution in [2.24, 2.45) is 0 Å². The molecule has 1 aromatic heterocycles. The number of benzene rings is 1. The molecule has 0 radical (unpaired) electrons. The van der Waals surface area contributed by atoms with Crippen LogP contribution in [0.5, 0.6) is 0 Å². The van der Waals surface area contributed by atoms with E-state index in [4.69, 9.17) is 5.73 Å². The fourth-order valence-electron chi connectivity index (χ4n) is 1.76. The zero-order valence-corrected chi connectivity index (χ0v) is 11.0. The van der Waals surface area contributed by atoms with E-state index in [-0.39, 0.29) is 0 Å². The van der Waals surface area contributed by atoms with Gasteiger partial charge >= 0.3 is 0 Å². The molecule has 2 N–H and O–H groups in total. The van der Waals surface area contributed by atoms with E-state index in [0.717, 1.165) is 18.7 Å². The zero-order chi connectivity index (χ0) is 12.3. The Morgan fingerprint density at radius 3 is 2.53 bits per heavy atom. The third-order valence-corrected chi connectivity index (χ3v) is 3.85. The van der Waals surface area contributed by atoms with Crippen molar-refractivity contribution in [3.63, 3.8) is 0 Å². The van der Waals surface area contributed by atoms with Crippen LogP contribution < -0.4 is 10.6 Å². The second kappa shape index (κ2) is 5.19. The van der Waals surface area contributed by atoms with Crippen LogP contribution in [0.3, 0.4) is 0 Å². The maximum absolute atomic E-state index is 5.80. The number of aromatic nitrogens is 1. The number of hydrogen-bond acceptors (Lipinski definition) is 4. The van der Waals surface area contributed by atoms with Gasteiger partial charge in [0.05, 0.1) is 0 Å². The van der Waals surface area contributed by atoms with Crippen molar-refractivity contribution in [3.05, 3.63) is 41.5 Å². The van der Waals surface area contributed by atoms with Gasteiger partial charge in [-0.25, -0.2) is 0 Å². The molecule has 17 heavy (non-hydrogen) atoms. The van der Waals surface area contributed by atoms with E-state index in [1.54, 1.807) is 0 Å². The largest absolute Gasteiger partial charge is 0.383 e. The van der Waals surface area contributed by atoms with E-state index < -0.39 is 0 Å². The number of nitrogens with two attached hydrogens (primary N) is 1. The second-order valence-corrected chi connectivity index (χ2v) is 4.75. The van der Waals surface area contributed by atoms with Crippen molar-refractivity contribution >= 4 is 22.4 Å². The van der Waals surface area contributed by atoms with Gasteiger partial charge in [-0.3, -0.25) is 0 Å². The Kier molecular flexibility index (Phi) is 3.64. The van der Waals surface area contributed by atoms with Gasteiger partial charge in [0, 0.05) is 18.7 Å². The zero-order valence-electron chi connectivity index (χ0n) is 10.2. The lowest BCUT2D eigenvalue weighted by atomic mass is 10.2.